The van der Waals surface area contributed by atoms with Crippen molar-refractivity contribution in [3.8, 4) is 11.5 Å². The van der Waals surface area contributed by atoms with Crippen LogP contribution in [0.2, 0.25) is 0 Å². The second kappa shape index (κ2) is 11.7. The maximum absolute atomic E-state index is 12.8. The number of ether oxygens (including phenoxy) is 2. The Hall–Kier alpha value is -3.38. The fourth-order valence-corrected chi connectivity index (χ4v) is 3.31. The van der Waals surface area contributed by atoms with Gasteiger partial charge in [0.1, 0.15) is 24.7 Å². The van der Waals surface area contributed by atoms with E-state index < -0.39 is 0 Å². The van der Waals surface area contributed by atoms with E-state index in [0.29, 0.717) is 24.5 Å². The van der Waals surface area contributed by atoms with Crippen LogP contribution in [-0.4, -0.2) is 24.2 Å². The number of carbonyl (C=O) groups is 1. The highest BCUT2D eigenvalue weighted by molar-refractivity contribution is 7.80. The summed E-state index contributed by atoms with van der Waals surface area (Å²) in [5.74, 6) is 0.937. The van der Waals surface area contributed by atoms with Crippen LogP contribution in [0, 0.1) is 0 Å². The summed E-state index contributed by atoms with van der Waals surface area (Å²) in [6, 6.07) is 26.6. The van der Waals surface area contributed by atoms with Gasteiger partial charge in [-0.1, -0.05) is 67.6 Å². The van der Waals surface area contributed by atoms with Gasteiger partial charge in [-0.15, -0.1) is 0 Å². The van der Waals surface area contributed by atoms with Crippen molar-refractivity contribution in [2.24, 2.45) is 0 Å². The SMILES string of the molecule is CCC(NC(=S)NC(=O)c1ccccc1OCCOc1ccccc1)c1ccccc1. The van der Waals surface area contributed by atoms with Crippen molar-refractivity contribution in [1.82, 2.24) is 10.6 Å². The van der Waals surface area contributed by atoms with E-state index in [4.69, 9.17) is 21.7 Å². The summed E-state index contributed by atoms with van der Waals surface area (Å²) in [5, 5.41) is 6.25. The van der Waals surface area contributed by atoms with Gasteiger partial charge in [0.2, 0.25) is 0 Å². The molecule has 0 aliphatic heterocycles. The molecule has 1 amide bonds. The highest BCUT2D eigenvalue weighted by Gasteiger charge is 2.16. The van der Waals surface area contributed by atoms with Gasteiger partial charge < -0.3 is 14.8 Å². The molecule has 3 aromatic rings. The quantitative estimate of drug-likeness (QED) is 0.371. The fourth-order valence-electron chi connectivity index (χ4n) is 3.08. The van der Waals surface area contributed by atoms with Crippen molar-refractivity contribution >= 4 is 23.2 Å². The van der Waals surface area contributed by atoms with Crippen LogP contribution < -0.4 is 20.1 Å². The molecule has 2 N–H and O–H groups in total. The van der Waals surface area contributed by atoms with Crippen LogP contribution in [0.15, 0.2) is 84.9 Å². The second-order valence-corrected chi connectivity index (χ2v) is 7.21. The monoisotopic (exact) mass is 434 g/mol. The maximum atomic E-state index is 12.8. The molecule has 0 radical (unpaired) electrons. The minimum Gasteiger partial charge on any atom is -0.490 e. The molecule has 0 saturated carbocycles. The van der Waals surface area contributed by atoms with E-state index in [1.165, 1.54) is 0 Å². The van der Waals surface area contributed by atoms with E-state index >= 15 is 0 Å². The van der Waals surface area contributed by atoms with Crippen LogP contribution in [0.25, 0.3) is 0 Å². The van der Waals surface area contributed by atoms with Crippen molar-refractivity contribution < 1.29 is 14.3 Å². The average molecular weight is 435 g/mol. The molecule has 0 fully saturated rings. The van der Waals surface area contributed by atoms with Gasteiger partial charge in [0, 0.05) is 0 Å². The van der Waals surface area contributed by atoms with E-state index in [1.54, 1.807) is 18.2 Å². The van der Waals surface area contributed by atoms with Gasteiger partial charge in [-0.2, -0.15) is 0 Å². The predicted octanol–water partition coefficient (Wildman–Crippen LogP) is 4.90. The number of nitrogens with one attached hydrogen (secondary N) is 2. The largest absolute Gasteiger partial charge is 0.490 e. The van der Waals surface area contributed by atoms with Crippen LogP contribution in [0.3, 0.4) is 0 Å². The molecule has 0 spiro atoms. The molecule has 3 aromatic carbocycles. The molecular weight excluding hydrogens is 408 g/mol. The van der Waals surface area contributed by atoms with Gasteiger partial charge in [0.15, 0.2) is 5.11 Å². The Labute approximate surface area is 188 Å². The minimum atomic E-state index is -0.319. The zero-order valence-corrected chi connectivity index (χ0v) is 18.2. The first-order chi connectivity index (χ1) is 15.2. The second-order valence-electron chi connectivity index (χ2n) is 6.81. The Morgan fingerprint density at radius 1 is 0.871 bits per heavy atom. The fraction of sp³-hybridized carbons (Fsp3) is 0.200. The van der Waals surface area contributed by atoms with Gasteiger partial charge in [-0.25, -0.2) is 0 Å². The number of para-hydroxylation sites is 2. The standard InChI is InChI=1S/C25H26N2O3S/c1-2-22(19-11-5-3-6-12-19)26-25(31)27-24(28)21-15-9-10-16-23(21)30-18-17-29-20-13-7-4-8-14-20/h3-16,22H,2,17-18H2,1H3,(H2,26,27,28,31). The summed E-state index contributed by atoms with van der Waals surface area (Å²) in [4.78, 5) is 12.8. The summed E-state index contributed by atoms with van der Waals surface area (Å²) in [6.07, 6.45) is 0.834. The molecule has 3 rings (SSSR count). The average Bonchev–Trinajstić information content (AvgIpc) is 2.81. The number of thiocarbonyl (C=S) groups is 1. The third kappa shape index (κ3) is 6.83. The zero-order chi connectivity index (χ0) is 21.9. The summed E-state index contributed by atoms with van der Waals surface area (Å²) in [5.41, 5.74) is 1.53. The van der Waals surface area contributed by atoms with Crippen LogP contribution in [0.1, 0.15) is 35.3 Å². The normalized spacial score (nSPS) is 11.3. The van der Waals surface area contributed by atoms with Crippen LogP contribution in [0.5, 0.6) is 11.5 Å². The lowest BCUT2D eigenvalue weighted by Crippen LogP contribution is -2.41. The topological polar surface area (TPSA) is 59.6 Å². The first kappa shape index (κ1) is 22.3. The van der Waals surface area contributed by atoms with Gasteiger partial charge in [0.05, 0.1) is 11.6 Å². The molecule has 5 nitrogen and oxygen atoms in total. The van der Waals surface area contributed by atoms with E-state index in [-0.39, 0.29) is 17.1 Å². The first-order valence-electron chi connectivity index (χ1n) is 10.2. The van der Waals surface area contributed by atoms with Crippen molar-refractivity contribution in [3.05, 3.63) is 96.1 Å². The number of hydrogen-bond donors (Lipinski definition) is 2. The summed E-state index contributed by atoms with van der Waals surface area (Å²) in [6.45, 7) is 2.75. The molecule has 6 heteroatoms. The Morgan fingerprint density at radius 2 is 1.48 bits per heavy atom. The highest BCUT2D eigenvalue weighted by Crippen LogP contribution is 2.19. The van der Waals surface area contributed by atoms with Gasteiger partial charge in [0.25, 0.3) is 5.91 Å². The van der Waals surface area contributed by atoms with E-state index in [0.717, 1.165) is 17.7 Å². The minimum absolute atomic E-state index is 0.0237. The molecule has 1 unspecified atom stereocenters. The number of hydrogen-bond acceptors (Lipinski definition) is 4. The number of amides is 1. The maximum Gasteiger partial charge on any atom is 0.261 e. The Morgan fingerprint density at radius 3 is 2.19 bits per heavy atom. The third-order valence-corrected chi connectivity index (χ3v) is 4.85. The molecule has 0 aliphatic carbocycles. The van der Waals surface area contributed by atoms with Crippen LogP contribution >= 0.6 is 12.2 Å². The first-order valence-corrected chi connectivity index (χ1v) is 10.6. The lowest BCUT2D eigenvalue weighted by atomic mass is 10.1. The van der Waals surface area contributed by atoms with E-state index in [9.17, 15) is 4.79 Å². The predicted molar refractivity (Wildman–Crippen MR) is 127 cm³/mol. The molecule has 0 heterocycles. The Bertz CT molecular complexity index is 980. The number of rotatable bonds is 9. The lowest BCUT2D eigenvalue weighted by molar-refractivity contribution is 0.0971. The summed E-state index contributed by atoms with van der Waals surface area (Å²) >= 11 is 5.37. The molecule has 31 heavy (non-hydrogen) atoms. The van der Waals surface area contributed by atoms with E-state index in [2.05, 4.69) is 17.6 Å². The van der Waals surface area contributed by atoms with Crippen LogP contribution in [-0.2, 0) is 0 Å². The van der Waals surface area contributed by atoms with Crippen molar-refractivity contribution in [2.45, 2.75) is 19.4 Å². The number of benzene rings is 3. The summed E-state index contributed by atoms with van der Waals surface area (Å²) < 4.78 is 11.4. The van der Waals surface area contributed by atoms with E-state index in [1.807, 2.05) is 66.7 Å². The number of carbonyl (C=O) groups excluding carboxylic acids is 1. The molecule has 0 aliphatic rings. The van der Waals surface area contributed by atoms with Gasteiger partial charge >= 0.3 is 0 Å². The summed E-state index contributed by atoms with van der Waals surface area (Å²) in [7, 11) is 0. The lowest BCUT2D eigenvalue weighted by Gasteiger charge is -2.20. The van der Waals surface area contributed by atoms with Gasteiger partial charge in [-0.3, -0.25) is 10.1 Å². The molecule has 1 atom stereocenters. The molecular formula is C25H26N2O3S. The smallest absolute Gasteiger partial charge is 0.261 e. The highest BCUT2D eigenvalue weighted by atomic mass is 32.1. The molecule has 0 saturated heterocycles. The van der Waals surface area contributed by atoms with Crippen molar-refractivity contribution in [2.75, 3.05) is 13.2 Å². The Kier molecular flexibility index (Phi) is 8.43. The molecule has 0 bridgehead atoms. The Balaban J connectivity index is 1.54. The third-order valence-electron chi connectivity index (χ3n) is 4.63. The van der Waals surface area contributed by atoms with Crippen LogP contribution in [0.4, 0.5) is 0 Å². The zero-order valence-electron chi connectivity index (χ0n) is 17.4. The molecule has 160 valence electrons. The molecule has 0 aromatic heterocycles. The van der Waals surface area contributed by atoms with Crippen molar-refractivity contribution in [1.29, 1.82) is 0 Å². The van der Waals surface area contributed by atoms with Gasteiger partial charge in [-0.05, 0) is 48.5 Å². The van der Waals surface area contributed by atoms with Crippen molar-refractivity contribution in [3.63, 3.8) is 0 Å².